The van der Waals surface area contributed by atoms with Crippen molar-refractivity contribution in [2.75, 3.05) is 6.61 Å². The van der Waals surface area contributed by atoms with Crippen LogP contribution in [0.4, 0.5) is 13.2 Å². The first-order valence-corrected chi connectivity index (χ1v) is 10.3. The monoisotopic (exact) mass is 541 g/mol. The van der Waals surface area contributed by atoms with E-state index in [4.69, 9.17) is 30.5 Å². The summed E-state index contributed by atoms with van der Waals surface area (Å²) in [7, 11) is 0. The topological polar surface area (TPSA) is 206 Å². The van der Waals surface area contributed by atoms with Gasteiger partial charge < -0.3 is 25.4 Å². The molecule has 0 aliphatic heterocycles. The van der Waals surface area contributed by atoms with Gasteiger partial charge in [-0.15, -0.1) is 0 Å². The molecule has 2 aromatic carbocycles. The van der Waals surface area contributed by atoms with Crippen molar-refractivity contribution in [3.05, 3.63) is 65.7 Å². The Morgan fingerprint density at radius 2 is 1.42 bits per heavy atom. The van der Waals surface area contributed by atoms with Crippen molar-refractivity contribution in [1.82, 2.24) is 5.32 Å². The Balaban J connectivity index is 0.000000905. The second kappa shape index (κ2) is 13.4. The lowest BCUT2D eigenvalue weighted by molar-refractivity contribution is -0.192. The van der Waals surface area contributed by atoms with E-state index in [1.165, 1.54) is 36.4 Å². The van der Waals surface area contributed by atoms with Gasteiger partial charge in [0.15, 0.2) is 0 Å². The van der Waals surface area contributed by atoms with E-state index in [1.54, 1.807) is 18.2 Å². The number of halogens is 3. The molecule has 2 aromatic rings. The molecule has 6 N–H and O–H groups in total. The van der Waals surface area contributed by atoms with Crippen molar-refractivity contribution in [3.63, 3.8) is 0 Å². The number of carbonyl (C=O) groups is 5. The third-order valence-electron chi connectivity index (χ3n) is 4.33. The Bertz CT molecular complexity index is 1190. The van der Waals surface area contributed by atoms with Crippen LogP contribution in [-0.4, -0.2) is 64.2 Å². The fourth-order valence-electron chi connectivity index (χ4n) is 2.53. The first kappa shape index (κ1) is 31.1. The fraction of sp³-hybridized carbons (Fsp3) is 0.217. The average molecular weight is 541 g/mol. The van der Waals surface area contributed by atoms with Crippen molar-refractivity contribution in [3.8, 4) is 5.75 Å². The molecule has 0 bridgehead atoms. The molecule has 0 spiro atoms. The molecule has 0 radical (unpaired) electrons. The molecule has 0 heterocycles. The highest BCUT2D eigenvalue weighted by Gasteiger charge is 2.50. The minimum absolute atomic E-state index is 0.0140. The minimum Gasteiger partial charge on any atom is -0.476 e. The quantitative estimate of drug-likeness (QED) is 0.0967. The maximum Gasteiger partial charge on any atom is 0.490 e. The highest BCUT2D eigenvalue weighted by molar-refractivity contribution is 6.11. The molecular weight excluding hydrogens is 519 g/mol. The number of aliphatic carboxylic acids is 2. The second-order valence-electron chi connectivity index (χ2n) is 7.16. The lowest BCUT2D eigenvalue weighted by atomic mass is 10.0. The molecule has 0 aliphatic rings. The smallest absolute Gasteiger partial charge is 0.476 e. The molecule has 38 heavy (non-hydrogen) atoms. The number of alkyl halides is 3. The SMILES string of the molecule is CC(=O)OCCC(=O)C(NC(=O)c1ccc(C(=N)N)cc1)(Oc1ccccc1)C(=O)O.O=C(O)C(F)(F)F. The van der Waals surface area contributed by atoms with Crippen LogP contribution in [0.1, 0.15) is 29.3 Å². The molecule has 15 heteroatoms. The summed E-state index contributed by atoms with van der Waals surface area (Å²) in [6, 6.07) is 13.1. The number of nitrogens with one attached hydrogen (secondary N) is 2. The fourth-order valence-corrected chi connectivity index (χ4v) is 2.53. The molecule has 12 nitrogen and oxygen atoms in total. The van der Waals surface area contributed by atoms with E-state index in [0.717, 1.165) is 6.92 Å². The number of carboxylic acids is 2. The van der Waals surface area contributed by atoms with E-state index >= 15 is 0 Å². The Labute approximate surface area is 212 Å². The standard InChI is InChI=1S/C21H21N3O7.C2HF3O2/c1-13(25)30-12-11-17(26)21(20(28)29,31-16-5-3-2-4-6-16)24-19(27)15-9-7-14(8-10-15)18(22)23;3-2(4,5)1(6)7/h2-10H,11-12H2,1H3,(H3,22,23)(H,24,27)(H,28,29);(H,6,7). The molecule has 0 saturated heterocycles. The number of Topliss-reactive ketones (excluding diaryl/α,β-unsaturated/α-hetero) is 1. The number of amides is 1. The molecule has 1 atom stereocenters. The number of para-hydroxylation sites is 1. The molecule has 0 aliphatic carbocycles. The summed E-state index contributed by atoms with van der Waals surface area (Å²) in [4.78, 5) is 57.6. The number of carboxylic acid groups (broad SMARTS) is 2. The first-order chi connectivity index (χ1) is 17.6. The van der Waals surface area contributed by atoms with E-state index in [9.17, 15) is 37.5 Å². The highest BCUT2D eigenvalue weighted by Crippen LogP contribution is 2.20. The molecule has 0 fully saturated rings. The van der Waals surface area contributed by atoms with Gasteiger partial charge in [0.2, 0.25) is 5.78 Å². The summed E-state index contributed by atoms with van der Waals surface area (Å²) >= 11 is 0. The predicted molar refractivity (Wildman–Crippen MR) is 122 cm³/mol. The molecule has 204 valence electrons. The summed E-state index contributed by atoms with van der Waals surface area (Å²) in [5.41, 5.74) is 2.99. The second-order valence-corrected chi connectivity index (χ2v) is 7.16. The number of rotatable bonds is 10. The van der Waals surface area contributed by atoms with Gasteiger partial charge in [-0.25, -0.2) is 9.59 Å². The van der Waals surface area contributed by atoms with E-state index < -0.39 is 47.9 Å². The van der Waals surface area contributed by atoms with Gasteiger partial charge in [-0.05, 0) is 24.3 Å². The summed E-state index contributed by atoms with van der Waals surface area (Å²) in [5.74, 6) is -7.27. The summed E-state index contributed by atoms with van der Waals surface area (Å²) in [6.07, 6.45) is -5.59. The number of benzene rings is 2. The Hall–Kier alpha value is -4.95. The summed E-state index contributed by atoms with van der Waals surface area (Å²) < 4.78 is 41.9. The van der Waals surface area contributed by atoms with E-state index in [2.05, 4.69) is 5.32 Å². The van der Waals surface area contributed by atoms with Crippen LogP contribution in [0.25, 0.3) is 0 Å². The third kappa shape index (κ3) is 9.25. The van der Waals surface area contributed by atoms with Crippen molar-refractivity contribution in [2.45, 2.75) is 25.2 Å². The van der Waals surface area contributed by atoms with Gasteiger partial charge in [0, 0.05) is 24.5 Å². The molecular formula is C23H22F3N3O9. The number of amidine groups is 1. The Kier molecular flexibility index (Phi) is 10.9. The third-order valence-corrected chi connectivity index (χ3v) is 4.33. The number of nitrogen functional groups attached to an aromatic ring is 1. The number of hydrogen-bond acceptors (Lipinski definition) is 8. The average Bonchev–Trinajstić information content (AvgIpc) is 2.83. The number of ether oxygens (including phenoxy) is 2. The normalized spacial score (nSPS) is 12.0. The minimum atomic E-state index is -5.08. The lowest BCUT2D eigenvalue weighted by Gasteiger charge is -2.29. The molecule has 1 unspecified atom stereocenters. The van der Waals surface area contributed by atoms with Crippen LogP contribution < -0.4 is 15.8 Å². The Morgan fingerprint density at radius 3 is 1.84 bits per heavy atom. The van der Waals surface area contributed by atoms with Crippen molar-refractivity contribution < 1.29 is 56.8 Å². The van der Waals surface area contributed by atoms with Crippen LogP contribution in [0.15, 0.2) is 54.6 Å². The zero-order valence-corrected chi connectivity index (χ0v) is 19.6. The maximum atomic E-state index is 12.8. The molecule has 1 amide bonds. The van der Waals surface area contributed by atoms with Crippen molar-refractivity contribution >= 4 is 35.4 Å². The van der Waals surface area contributed by atoms with Crippen LogP contribution in [0.5, 0.6) is 5.75 Å². The predicted octanol–water partition coefficient (Wildman–Crippen LogP) is 1.72. The van der Waals surface area contributed by atoms with E-state index in [0.29, 0.717) is 5.56 Å². The summed E-state index contributed by atoms with van der Waals surface area (Å²) in [5, 5.41) is 26.5. The number of nitrogens with two attached hydrogens (primary N) is 1. The number of carbonyl (C=O) groups excluding carboxylic acids is 3. The van der Waals surface area contributed by atoms with Crippen LogP contribution in [-0.2, 0) is 23.9 Å². The van der Waals surface area contributed by atoms with Crippen molar-refractivity contribution in [2.24, 2.45) is 5.73 Å². The van der Waals surface area contributed by atoms with Gasteiger partial charge in [0.1, 0.15) is 11.6 Å². The van der Waals surface area contributed by atoms with Crippen LogP contribution in [0, 0.1) is 5.41 Å². The van der Waals surface area contributed by atoms with Gasteiger partial charge in [-0.3, -0.25) is 25.1 Å². The van der Waals surface area contributed by atoms with E-state index in [-0.39, 0.29) is 23.8 Å². The van der Waals surface area contributed by atoms with Gasteiger partial charge >= 0.3 is 29.8 Å². The van der Waals surface area contributed by atoms with E-state index in [1.807, 2.05) is 0 Å². The number of ketones is 1. The van der Waals surface area contributed by atoms with Crippen molar-refractivity contribution in [1.29, 1.82) is 5.41 Å². The molecule has 0 aromatic heterocycles. The largest absolute Gasteiger partial charge is 0.490 e. The van der Waals surface area contributed by atoms with Gasteiger partial charge in [0.05, 0.1) is 6.61 Å². The van der Waals surface area contributed by atoms with Gasteiger partial charge in [0.25, 0.3) is 5.91 Å². The van der Waals surface area contributed by atoms with Gasteiger partial charge in [-0.2, -0.15) is 13.2 Å². The van der Waals surface area contributed by atoms with Crippen LogP contribution in [0.2, 0.25) is 0 Å². The lowest BCUT2D eigenvalue weighted by Crippen LogP contribution is -2.64. The first-order valence-electron chi connectivity index (χ1n) is 10.3. The zero-order valence-electron chi connectivity index (χ0n) is 19.6. The van der Waals surface area contributed by atoms with Gasteiger partial charge in [-0.1, -0.05) is 30.3 Å². The molecule has 0 saturated carbocycles. The maximum absolute atomic E-state index is 12.8. The Morgan fingerprint density at radius 1 is 0.921 bits per heavy atom. The summed E-state index contributed by atoms with van der Waals surface area (Å²) in [6.45, 7) is 0.756. The highest BCUT2D eigenvalue weighted by atomic mass is 19.4. The number of esters is 1. The molecule has 2 rings (SSSR count). The van der Waals surface area contributed by atoms with Crippen LogP contribution >= 0.6 is 0 Å². The van der Waals surface area contributed by atoms with Crippen LogP contribution in [0.3, 0.4) is 0 Å². The number of hydrogen-bond donors (Lipinski definition) is 5. The zero-order chi connectivity index (χ0) is 29.1.